The van der Waals surface area contributed by atoms with Crippen molar-refractivity contribution in [3.63, 3.8) is 0 Å². The highest BCUT2D eigenvalue weighted by Gasteiger charge is 2.43. The Morgan fingerprint density at radius 2 is 2.05 bits per heavy atom. The molecule has 6 nitrogen and oxygen atoms in total. The zero-order chi connectivity index (χ0) is 15.2. The fraction of sp³-hybridized carbons (Fsp3) is 0.800. The summed E-state index contributed by atoms with van der Waals surface area (Å²) in [5.74, 6) is 3.67. The first-order valence-corrected chi connectivity index (χ1v) is 9.24. The van der Waals surface area contributed by atoms with Crippen molar-refractivity contribution in [1.29, 1.82) is 0 Å². The van der Waals surface area contributed by atoms with Crippen molar-refractivity contribution in [2.75, 3.05) is 24.6 Å². The highest BCUT2D eigenvalue weighted by molar-refractivity contribution is 7.99. The van der Waals surface area contributed by atoms with E-state index < -0.39 is 5.60 Å². The number of aromatic nitrogens is 2. The number of carbonyl (C=O) groups excluding carboxylic acids is 1. The van der Waals surface area contributed by atoms with E-state index in [9.17, 15) is 9.90 Å². The molecular formula is C15H21N3O3S. The molecule has 1 saturated carbocycles. The Labute approximate surface area is 133 Å². The van der Waals surface area contributed by atoms with E-state index in [1.165, 1.54) is 0 Å². The van der Waals surface area contributed by atoms with Crippen molar-refractivity contribution in [2.45, 2.75) is 49.5 Å². The maximum absolute atomic E-state index is 12.6. The van der Waals surface area contributed by atoms with Crippen LogP contribution in [-0.2, 0) is 4.79 Å². The van der Waals surface area contributed by atoms with E-state index >= 15 is 0 Å². The van der Waals surface area contributed by atoms with Crippen LogP contribution in [0.3, 0.4) is 0 Å². The first-order chi connectivity index (χ1) is 10.7. The van der Waals surface area contributed by atoms with Gasteiger partial charge in [0.15, 0.2) is 5.82 Å². The van der Waals surface area contributed by atoms with Crippen molar-refractivity contribution < 1.29 is 14.4 Å². The first kappa shape index (κ1) is 14.5. The quantitative estimate of drug-likeness (QED) is 0.908. The second-order valence-corrected chi connectivity index (χ2v) is 7.87. The molecule has 1 amide bonds. The Morgan fingerprint density at radius 1 is 1.27 bits per heavy atom. The van der Waals surface area contributed by atoms with E-state index in [1.807, 2.05) is 0 Å². The topological polar surface area (TPSA) is 79.5 Å². The normalized spacial score (nSPS) is 28.0. The van der Waals surface area contributed by atoms with Gasteiger partial charge in [0.1, 0.15) is 5.60 Å². The Morgan fingerprint density at radius 3 is 2.77 bits per heavy atom. The third kappa shape index (κ3) is 2.65. The lowest BCUT2D eigenvalue weighted by atomic mass is 9.95. The monoisotopic (exact) mass is 323 g/mol. The molecule has 3 heterocycles. The molecule has 1 aliphatic carbocycles. The molecule has 4 rings (SSSR count). The average Bonchev–Trinajstić information content (AvgIpc) is 3.07. The summed E-state index contributed by atoms with van der Waals surface area (Å²) in [6.07, 6.45) is 4.26. The molecular weight excluding hydrogens is 302 g/mol. The van der Waals surface area contributed by atoms with Gasteiger partial charge in [-0.05, 0) is 43.6 Å². The number of nitrogens with zero attached hydrogens (tertiary/aromatic N) is 3. The van der Waals surface area contributed by atoms with Crippen molar-refractivity contribution in [2.24, 2.45) is 0 Å². The third-order valence-electron chi connectivity index (χ3n) is 4.94. The van der Waals surface area contributed by atoms with Gasteiger partial charge in [0, 0.05) is 19.0 Å². The van der Waals surface area contributed by atoms with Gasteiger partial charge in [-0.2, -0.15) is 16.7 Å². The number of thioether (sulfide) groups is 1. The number of rotatable bonds is 3. The molecule has 1 aromatic rings. The summed E-state index contributed by atoms with van der Waals surface area (Å²) in [6, 6.07) is 0. The van der Waals surface area contributed by atoms with Crippen LogP contribution in [0.4, 0.5) is 0 Å². The van der Waals surface area contributed by atoms with E-state index in [1.54, 1.807) is 16.7 Å². The zero-order valence-corrected chi connectivity index (χ0v) is 13.3. The van der Waals surface area contributed by atoms with Gasteiger partial charge >= 0.3 is 0 Å². The van der Waals surface area contributed by atoms with Crippen LogP contribution in [0.5, 0.6) is 0 Å². The summed E-state index contributed by atoms with van der Waals surface area (Å²) < 4.78 is 5.38. The molecule has 1 atom stereocenters. The lowest BCUT2D eigenvalue weighted by molar-refractivity contribution is -0.151. The Kier molecular flexibility index (Phi) is 3.64. The molecule has 0 radical (unpaired) electrons. The minimum absolute atomic E-state index is 0.114. The Hall–Kier alpha value is -1.08. The minimum Gasteiger partial charge on any atom is -0.380 e. The molecule has 3 aliphatic rings. The molecule has 1 aromatic heterocycles. The third-order valence-corrected chi connectivity index (χ3v) is 5.93. The van der Waals surface area contributed by atoms with Gasteiger partial charge in [-0.1, -0.05) is 5.16 Å². The van der Waals surface area contributed by atoms with E-state index in [2.05, 4.69) is 10.1 Å². The zero-order valence-electron chi connectivity index (χ0n) is 12.5. The predicted molar refractivity (Wildman–Crippen MR) is 81.7 cm³/mol. The van der Waals surface area contributed by atoms with Crippen LogP contribution < -0.4 is 0 Å². The molecule has 22 heavy (non-hydrogen) atoms. The number of likely N-dealkylation sites (tertiary alicyclic amines) is 1. The fourth-order valence-electron chi connectivity index (χ4n) is 3.28. The first-order valence-electron chi connectivity index (χ1n) is 8.09. The van der Waals surface area contributed by atoms with E-state index in [4.69, 9.17) is 4.52 Å². The Balaban J connectivity index is 1.41. The maximum Gasteiger partial charge on any atom is 0.254 e. The van der Waals surface area contributed by atoms with Crippen LogP contribution in [0.25, 0.3) is 0 Å². The van der Waals surface area contributed by atoms with Crippen molar-refractivity contribution in [3.8, 4) is 0 Å². The van der Waals surface area contributed by atoms with Crippen LogP contribution in [0.2, 0.25) is 0 Å². The molecule has 3 fully saturated rings. The second-order valence-electron chi connectivity index (χ2n) is 6.65. The molecule has 1 unspecified atom stereocenters. The summed E-state index contributed by atoms with van der Waals surface area (Å²) in [4.78, 5) is 18.9. The summed E-state index contributed by atoms with van der Waals surface area (Å²) in [7, 11) is 0. The lowest BCUT2D eigenvalue weighted by Gasteiger charge is -2.33. The fourth-order valence-corrected chi connectivity index (χ4v) is 4.45. The van der Waals surface area contributed by atoms with Crippen LogP contribution in [0, 0.1) is 0 Å². The van der Waals surface area contributed by atoms with Crippen molar-refractivity contribution in [1.82, 2.24) is 15.0 Å². The van der Waals surface area contributed by atoms with Crippen LogP contribution >= 0.6 is 11.8 Å². The summed E-state index contributed by atoms with van der Waals surface area (Å²) in [5.41, 5.74) is -1.16. The van der Waals surface area contributed by atoms with Gasteiger partial charge in [0.05, 0.1) is 5.92 Å². The van der Waals surface area contributed by atoms with Gasteiger partial charge in [0.2, 0.25) is 5.89 Å². The minimum atomic E-state index is -1.16. The Bertz CT molecular complexity index is 566. The van der Waals surface area contributed by atoms with Gasteiger partial charge in [-0.3, -0.25) is 4.79 Å². The molecule has 2 saturated heterocycles. The predicted octanol–water partition coefficient (Wildman–Crippen LogP) is 1.52. The van der Waals surface area contributed by atoms with E-state index in [-0.39, 0.29) is 11.8 Å². The highest BCUT2D eigenvalue weighted by Crippen LogP contribution is 2.39. The second kappa shape index (κ2) is 5.53. The molecule has 0 aromatic carbocycles. The molecule has 2 aliphatic heterocycles. The smallest absolute Gasteiger partial charge is 0.254 e. The molecule has 0 spiro atoms. The van der Waals surface area contributed by atoms with Crippen LogP contribution in [-0.4, -0.2) is 56.3 Å². The summed E-state index contributed by atoms with van der Waals surface area (Å²) in [6.45, 7) is 1.25. The van der Waals surface area contributed by atoms with E-state index in [0.717, 1.165) is 36.6 Å². The summed E-state index contributed by atoms with van der Waals surface area (Å²) >= 11 is 1.80. The molecule has 1 N–H and O–H groups in total. The van der Waals surface area contributed by atoms with Gasteiger partial charge in [-0.25, -0.2) is 0 Å². The van der Waals surface area contributed by atoms with E-state index in [0.29, 0.717) is 37.7 Å². The van der Waals surface area contributed by atoms with Gasteiger partial charge in [-0.15, -0.1) is 0 Å². The molecule has 7 heteroatoms. The summed E-state index contributed by atoms with van der Waals surface area (Å²) in [5, 5.41) is 14.6. The number of aliphatic hydroxyl groups is 1. The largest absolute Gasteiger partial charge is 0.380 e. The van der Waals surface area contributed by atoms with Gasteiger partial charge in [0.25, 0.3) is 5.91 Å². The van der Waals surface area contributed by atoms with Crippen LogP contribution in [0.15, 0.2) is 4.52 Å². The van der Waals surface area contributed by atoms with Crippen LogP contribution in [0.1, 0.15) is 55.7 Å². The number of amides is 1. The van der Waals surface area contributed by atoms with Crippen molar-refractivity contribution in [3.05, 3.63) is 11.7 Å². The maximum atomic E-state index is 12.6. The number of hydrogen-bond donors (Lipinski definition) is 1. The van der Waals surface area contributed by atoms with Gasteiger partial charge < -0.3 is 14.5 Å². The SMILES string of the molecule is O=C(N1CCC(c2nc(C3CC3)no2)C1)C1(O)CCSCC1. The lowest BCUT2D eigenvalue weighted by Crippen LogP contribution is -2.50. The average molecular weight is 323 g/mol. The molecule has 0 bridgehead atoms. The number of carbonyl (C=O) groups is 1. The number of hydrogen-bond acceptors (Lipinski definition) is 6. The van der Waals surface area contributed by atoms with Crippen molar-refractivity contribution >= 4 is 17.7 Å². The standard InChI is InChI=1S/C15H21N3O3S/c19-14(15(20)4-7-22-8-5-15)18-6-3-11(9-18)13-16-12(17-21-13)10-1-2-10/h10-11,20H,1-9H2. The molecule has 120 valence electrons. The highest BCUT2D eigenvalue weighted by atomic mass is 32.2.